The fraction of sp³-hybridized carbons (Fsp3) is 0.200. The van der Waals surface area contributed by atoms with Crippen molar-refractivity contribution in [2.24, 2.45) is 0 Å². The van der Waals surface area contributed by atoms with Crippen LogP contribution in [0.1, 0.15) is 35.6 Å². The molecule has 29 heavy (non-hydrogen) atoms. The molecule has 148 valence electrons. The number of aryl methyl sites for hydroxylation is 1. The summed E-state index contributed by atoms with van der Waals surface area (Å²) < 4.78 is 55.1. The molecule has 0 radical (unpaired) electrons. The molecule has 0 spiro atoms. The van der Waals surface area contributed by atoms with Gasteiger partial charge < -0.3 is 0 Å². The molecule has 3 aromatic rings. The largest absolute Gasteiger partial charge is 0.206 e. The van der Waals surface area contributed by atoms with E-state index in [9.17, 15) is 17.6 Å². The molecule has 0 atom stereocenters. The SMILES string of the molecule is CCCc1ccc(C2=CCc3cc(-c4cc(F)c(F)c(F)c4)c(F)cc3C2)cc1. The molecule has 3 aromatic carbocycles. The van der Waals surface area contributed by atoms with Crippen molar-refractivity contribution in [3.63, 3.8) is 0 Å². The highest BCUT2D eigenvalue weighted by atomic mass is 19.2. The lowest BCUT2D eigenvalue weighted by Crippen LogP contribution is -2.05. The Kier molecular flexibility index (Phi) is 5.27. The van der Waals surface area contributed by atoms with E-state index < -0.39 is 23.3 Å². The van der Waals surface area contributed by atoms with Crippen LogP contribution >= 0.6 is 0 Å². The molecule has 0 aromatic heterocycles. The summed E-state index contributed by atoms with van der Waals surface area (Å²) in [5.41, 5.74) is 5.35. The van der Waals surface area contributed by atoms with E-state index in [4.69, 9.17) is 0 Å². The van der Waals surface area contributed by atoms with Crippen LogP contribution in [0.5, 0.6) is 0 Å². The van der Waals surface area contributed by atoms with Crippen molar-refractivity contribution in [2.45, 2.75) is 32.6 Å². The van der Waals surface area contributed by atoms with Gasteiger partial charge in [0.1, 0.15) is 5.82 Å². The number of rotatable bonds is 4. The average molecular weight is 396 g/mol. The quantitative estimate of drug-likeness (QED) is 0.328. The summed E-state index contributed by atoms with van der Waals surface area (Å²) in [7, 11) is 0. The van der Waals surface area contributed by atoms with Gasteiger partial charge in [-0.05, 0) is 76.9 Å². The number of halogens is 4. The highest BCUT2D eigenvalue weighted by Gasteiger charge is 2.19. The Morgan fingerprint density at radius 3 is 2.10 bits per heavy atom. The van der Waals surface area contributed by atoms with Crippen molar-refractivity contribution in [1.29, 1.82) is 0 Å². The van der Waals surface area contributed by atoms with Crippen molar-refractivity contribution in [2.75, 3.05) is 0 Å². The summed E-state index contributed by atoms with van der Waals surface area (Å²) in [4.78, 5) is 0. The first kappa shape index (κ1) is 19.4. The predicted molar refractivity (Wildman–Crippen MR) is 108 cm³/mol. The van der Waals surface area contributed by atoms with Gasteiger partial charge in [0.05, 0.1) is 0 Å². The lowest BCUT2D eigenvalue weighted by molar-refractivity contribution is 0.447. The predicted octanol–water partition coefficient (Wildman–Crippen LogP) is 7.04. The van der Waals surface area contributed by atoms with E-state index in [1.807, 2.05) is 0 Å². The number of hydrogen-bond donors (Lipinski definition) is 0. The van der Waals surface area contributed by atoms with E-state index in [0.29, 0.717) is 12.8 Å². The molecule has 0 amide bonds. The highest BCUT2D eigenvalue weighted by Crippen LogP contribution is 2.34. The normalized spacial score (nSPS) is 13.2. The molecule has 1 aliphatic carbocycles. The summed E-state index contributed by atoms with van der Waals surface area (Å²) in [5.74, 6) is -4.78. The van der Waals surface area contributed by atoms with Crippen molar-refractivity contribution < 1.29 is 17.6 Å². The first-order valence-corrected chi connectivity index (χ1v) is 9.70. The van der Waals surface area contributed by atoms with Crippen molar-refractivity contribution >= 4 is 5.57 Å². The number of allylic oxidation sites excluding steroid dienone is 2. The van der Waals surface area contributed by atoms with Gasteiger partial charge in [0.15, 0.2) is 17.5 Å². The van der Waals surface area contributed by atoms with Gasteiger partial charge in [0.2, 0.25) is 0 Å². The molecule has 0 saturated carbocycles. The van der Waals surface area contributed by atoms with Crippen LogP contribution in [0.2, 0.25) is 0 Å². The minimum Gasteiger partial charge on any atom is -0.206 e. The zero-order chi connectivity index (χ0) is 20.5. The van der Waals surface area contributed by atoms with Gasteiger partial charge >= 0.3 is 0 Å². The average Bonchev–Trinajstić information content (AvgIpc) is 2.71. The molecule has 1 aliphatic rings. The minimum atomic E-state index is -1.55. The van der Waals surface area contributed by atoms with Crippen LogP contribution < -0.4 is 0 Å². The van der Waals surface area contributed by atoms with Gasteiger partial charge in [-0.3, -0.25) is 0 Å². The maximum atomic E-state index is 14.7. The van der Waals surface area contributed by atoms with Gasteiger partial charge in [0.25, 0.3) is 0 Å². The molecule has 0 aliphatic heterocycles. The molecule has 0 saturated heterocycles. The molecule has 0 heterocycles. The fourth-order valence-corrected chi connectivity index (χ4v) is 3.85. The lowest BCUT2D eigenvalue weighted by Gasteiger charge is -2.19. The maximum absolute atomic E-state index is 14.7. The lowest BCUT2D eigenvalue weighted by atomic mass is 9.86. The molecule has 4 heteroatoms. The Morgan fingerprint density at radius 1 is 0.759 bits per heavy atom. The van der Waals surface area contributed by atoms with Crippen LogP contribution in [0.15, 0.2) is 54.6 Å². The molecule has 0 nitrogen and oxygen atoms in total. The summed E-state index contributed by atoms with van der Waals surface area (Å²) in [6.07, 6.45) is 5.43. The smallest absolute Gasteiger partial charge is 0.194 e. The first-order valence-electron chi connectivity index (χ1n) is 9.70. The van der Waals surface area contributed by atoms with E-state index in [0.717, 1.165) is 47.2 Å². The van der Waals surface area contributed by atoms with Crippen LogP contribution in [-0.2, 0) is 19.3 Å². The molecular weight excluding hydrogens is 376 g/mol. The third-order valence-electron chi connectivity index (χ3n) is 5.40. The minimum absolute atomic E-state index is 0.0111. The Labute approximate surface area is 167 Å². The molecule has 4 rings (SSSR count). The van der Waals surface area contributed by atoms with Gasteiger partial charge in [-0.2, -0.15) is 0 Å². The number of fused-ring (bicyclic) bond motifs is 1. The number of hydrogen-bond acceptors (Lipinski definition) is 0. The zero-order valence-electron chi connectivity index (χ0n) is 16.0. The highest BCUT2D eigenvalue weighted by molar-refractivity contribution is 5.73. The van der Waals surface area contributed by atoms with Crippen molar-refractivity contribution in [1.82, 2.24) is 0 Å². The van der Waals surface area contributed by atoms with Gasteiger partial charge in [0, 0.05) is 5.56 Å². The summed E-state index contributed by atoms with van der Waals surface area (Å²) >= 11 is 0. The topological polar surface area (TPSA) is 0 Å². The monoisotopic (exact) mass is 396 g/mol. The molecule has 0 unspecified atom stereocenters. The summed E-state index contributed by atoms with van der Waals surface area (Å²) in [6.45, 7) is 2.14. The van der Waals surface area contributed by atoms with Crippen LogP contribution in [0, 0.1) is 23.3 Å². The molecular formula is C25H20F4. The standard InChI is InChI=1S/C25H20F4/c1-2-3-15-4-6-16(7-5-15)17-8-9-18-11-21(22(26)12-19(18)10-17)20-13-23(27)25(29)24(28)14-20/h4-8,11-14H,2-3,9-10H2,1H3. The second-order valence-electron chi connectivity index (χ2n) is 7.41. The zero-order valence-corrected chi connectivity index (χ0v) is 16.0. The van der Waals surface area contributed by atoms with Crippen LogP contribution in [0.3, 0.4) is 0 Å². The Morgan fingerprint density at radius 2 is 1.45 bits per heavy atom. The van der Waals surface area contributed by atoms with Gasteiger partial charge in [-0.1, -0.05) is 43.7 Å². The third-order valence-corrected chi connectivity index (χ3v) is 5.40. The Bertz CT molecular complexity index is 1070. The van der Waals surface area contributed by atoms with Crippen molar-refractivity contribution in [3.05, 3.63) is 100 Å². The van der Waals surface area contributed by atoms with Crippen LogP contribution in [0.25, 0.3) is 16.7 Å². The van der Waals surface area contributed by atoms with Crippen LogP contribution in [0.4, 0.5) is 17.6 Å². The van der Waals surface area contributed by atoms with Gasteiger partial charge in [-0.25, -0.2) is 17.6 Å². The van der Waals surface area contributed by atoms with E-state index in [1.165, 1.54) is 11.6 Å². The Hall–Kier alpha value is -2.88. The van der Waals surface area contributed by atoms with Gasteiger partial charge in [-0.15, -0.1) is 0 Å². The number of benzene rings is 3. The molecule has 0 bridgehead atoms. The second kappa shape index (κ2) is 7.86. The van der Waals surface area contributed by atoms with E-state index >= 15 is 0 Å². The second-order valence-corrected chi connectivity index (χ2v) is 7.41. The summed E-state index contributed by atoms with van der Waals surface area (Å²) in [6, 6.07) is 13.1. The van der Waals surface area contributed by atoms with E-state index in [2.05, 4.69) is 37.3 Å². The van der Waals surface area contributed by atoms with Crippen LogP contribution in [-0.4, -0.2) is 0 Å². The maximum Gasteiger partial charge on any atom is 0.194 e. The first-order chi connectivity index (χ1) is 14.0. The third kappa shape index (κ3) is 3.84. The van der Waals surface area contributed by atoms with Crippen molar-refractivity contribution in [3.8, 4) is 11.1 Å². The van der Waals surface area contributed by atoms with E-state index in [1.54, 1.807) is 6.07 Å². The molecule has 0 fully saturated rings. The fourth-order valence-electron chi connectivity index (χ4n) is 3.85. The summed E-state index contributed by atoms with van der Waals surface area (Å²) in [5, 5.41) is 0. The molecule has 0 N–H and O–H groups in total. The Balaban J connectivity index is 1.64. The van der Waals surface area contributed by atoms with E-state index in [-0.39, 0.29) is 11.1 Å².